The number of nitrogens with zero attached hydrogens (tertiary/aromatic N) is 3. The number of aromatic hydroxyl groups is 1. The highest BCUT2D eigenvalue weighted by Gasteiger charge is 2.37. The second-order valence-electron chi connectivity index (χ2n) is 12.6. The Morgan fingerprint density at radius 2 is 1.66 bits per heavy atom. The van der Waals surface area contributed by atoms with E-state index in [1.165, 1.54) is 24.4 Å². The number of piperidine rings is 3. The number of carbonyl (C=O) groups excluding carboxylic acids is 2. The number of benzene rings is 3. The third-order valence-corrected chi connectivity index (χ3v) is 10.1. The topological polar surface area (TPSA) is 111 Å². The van der Waals surface area contributed by atoms with Gasteiger partial charge in [-0.2, -0.15) is 0 Å². The molecule has 3 aliphatic rings. The van der Waals surface area contributed by atoms with Gasteiger partial charge in [-0.25, -0.2) is 9.59 Å². The molecule has 3 fully saturated rings. The van der Waals surface area contributed by atoms with Gasteiger partial charge in [0, 0.05) is 31.4 Å². The molecule has 3 aliphatic heterocycles. The van der Waals surface area contributed by atoms with Crippen molar-refractivity contribution in [2.75, 3.05) is 38.8 Å². The zero-order valence-electron chi connectivity index (χ0n) is 28.1. The molecule has 4 aromatic rings. The van der Waals surface area contributed by atoms with Gasteiger partial charge < -0.3 is 24.1 Å². The maximum absolute atomic E-state index is 13.8. The zero-order valence-corrected chi connectivity index (χ0v) is 29.6. The molecule has 0 spiro atoms. The Balaban J connectivity index is 1.22. The van der Waals surface area contributed by atoms with E-state index in [4.69, 9.17) is 42.1 Å². The van der Waals surface area contributed by atoms with Gasteiger partial charge in [0.15, 0.2) is 11.5 Å². The molecular formula is C38H39Cl2N3O7. The van der Waals surface area contributed by atoms with Crippen LogP contribution in [0.3, 0.4) is 0 Å². The predicted octanol–water partition coefficient (Wildman–Crippen LogP) is 7.80. The number of hydrogen-bond acceptors (Lipinski definition) is 9. The van der Waals surface area contributed by atoms with Crippen LogP contribution in [-0.2, 0) is 22.4 Å². The highest BCUT2D eigenvalue weighted by Crippen LogP contribution is 2.36. The molecule has 0 radical (unpaired) electrons. The Morgan fingerprint density at radius 3 is 2.30 bits per heavy atom. The Kier molecular flexibility index (Phi) is 11.0. The molecule has 2 bridgehead atoms. The molecule has 1 amide bonds. The van der Waals surface area contributed by atoms with Gasteiger partial charge in [0.25, 0.3) is 0 Å². The van der Waals surface area contributed by atoms with E-state index < -0.39 is 18.2 Å². The summed E-state index contributed by atoms with van der Waals surface area (Å²) in [6.45, 7) is 4.83. The fourth-order valence-corrected chi connectivity index (χ4v) is 7.12. The summed E-state index contributed by atoms with van der Waals surface area (Å²) in [4.78, 5) is 35.3. The van der Waals surface area contributed by atoms with Crippen molar-refractivity contribution in [3.63, 3.8) is 0 Å². The first kappa shape index (κ1) is 35.3. The number of pyridine rings is 1. The summed E-state index contributed by atoms with van der Waals surface area (Å²) in [5.74, 6) is 0.818. The summed E-state index contributed by atoms with van der Waals surface area (Å²) < 4.78 is 23.1. The van der Waals surface area contributed by atoms with Crippen molar-refractivity contribution in [1.82, 2.24) is 9.88 Å². The highest BCUT2D eigenvalue weighted by molar-refractivity contribution is 6.35. The molecule has 7 rings (SSSR count). The lowest BCUT2D eigenvalue weighted by Crippen LogP contribution is -2.53. The van der Waals surface area contributed by atoms with Gasteiger partial charge in [-0.05, 0) is 91.4 Å². The number of hydrogen-bond donors (Lipinski definition) is 1. The van der Waals surface area contributed by atoms with E-state index >= 15 is 0 Å². The maximum atomic E-state index is 13.8. The normalized spacial score (nSPS) is 18.6. The van der Waals surface area contributed by atoms with Crippen LogP contribution in [0.1, 0.15) is 51.6 Å². The number of halogens is 2. The van der Waals surface area contributed by atoms with E-state index in [0.29, 0.717) is 49.8 Å². The Morgan fingerprint density at radius 1 is 0.960 bits per heavy atom. The number of carbonyl (C=O) groups is 2. The molecule has 0 unspecified atom stereocenters. The summed E-state index contributed by atoms with van der Waals surface area (Å²) in [6.07, 6.45) is 3.73. The van der Waals surface area contributed by atoms with Crippen LogP contribution >= 0.6 is 23.2 Å². The average Bonchev–Trinajstić information content (AvgIpc) is 3.13. The number of aryl methyl sites for hydroxylation is 1. The number of methoxy groups -OCH3 is 2. The number of esters is 1. The van der Waals surface area contributed by atoms with E-state index in [0.717, 1.165) is 43.6 Å². The third kappa shape index (κ3) is 7.93. The first-order chi connectivity index (χ1) is 24.1. The number of phenolic OH excluding ortho intramolecular Hbond substituents is 1. The minimum absolute atomic E-state index is 0.0442. The monoisotopic (exact) mass is 719 g/mol. The van der Waals surface area contributed by atoms with Crippen LogP contribution in [0, 0.1) is 12.8 Å². The number of fused-ring (bicyclic) bond motifs is 3. The average molecular weight is 721 g/mol. The van der Waals surface area contributed by atoms with Crippen LogP contribution in [0.5, 0.6) is 17.2 Å². The fourth-order valence-electron chi connectivity index (χ4n) is 6.60. The molecule has 50 heavy (non-hydrogen) atoms. The second kappa shape index (κ2) is 15.6. The van der Waals surface area contributed by atoms with E-state index in [1.54, 1.807) is 67.8 Å². The lowest BCUT2D eigenvalue weighted by atomic mass is 9.86. The van der Waals surface area contributed by atoms with Gasteiger partial charge in [-0.1, -0.05) is 47.5 Å². The summed E-state index contributed by atoms with van der Waals surface area (Å²) in [6, 6.07) is 17.0. The molecule has 262 valence electrons. The number of anilines is 1. The summed E-state index contributed by atoms with van der Waals surface area (Å²) >= 11 is 12.9. The van der Waals surface area contributed by atoms with E-state index in [9.17, 15) is 14.7 Å². The van der Waals surface area contributed by atoms with Crippen molar-refractivity contribution < 1.29 is 33.6 Å². The van der Waals surface area contributed by atoms with Crippen LogP contribution in [0.25, 0.3) is 0 Å². The molecule has 1 N–H and O–H groups in total. The number of ether oxygens (including phenoxy) is 4. The molecule has 0 aliphatic carbocycles. The predicted molar refractivity (Wildman–Crippen MR) is 191 cm³/mol. The first-order valence-electron chi connectivity index (χ1n) is 16.4. The third-order valence-electron chi connectivity index (χ3n) is 9.45. The lowest BCUT2D eigenvalue weighted by molar-refractivity contribution is -0.0311. The minimum Gasteiger partial charge on any atom is -0.508 e. The Labute approximate surface area is 301 Å². The van der Waals surface area contributed by atoms with Crippen molar-refractivity contribution in [3.05, 3.63) is 111 Å². The molecule has 12 heteroatoms. The summed E-state index contributed by atoms with van der Waals surface area (Å²) in [7, 11) is 3.07. The molecule has 3 saturated heterocycles. The van der Waals surface area contributed by atoms with Crippen LogP contribution in [0.15, 0.2) is 73.1 Å². The number of amides is 1. The molecule has 4 heterocycles. The molecule has 1 aromatic heterocycles. The summed E-state index contributed by atoms with van der Waals surface area (Å²) in [5, 5.41) is 11.0. The van der Waals surface area contributed by atoms with Gasteiger partial charge in [-0.3, -0.25) is 14.8 Å². The van der Waals surface area contributed by atoms with Crippen molar-refractivity contribution in [2.24, 2.45) is 5.92 Å². The lowest BCUT2D eigenvalue weighted by Gasteiger charge is -2.44. The standard InChI is InChI=1S/C38H39Cl2N3O7/c1-23-4-10-28(44)17-32(23)43(38(46)50-36-22-42-14-12-25(36)13-15-42)21-24-5-7-26(8-6-24)37(45)49-34(18-29-30(39)19-41-20-31(29)40)27-9-11-33(47-2)35(16-27)48-3/h4-11,16-17,19-20,25,34,36,44H,12-15,18,21-22H2,1-3H3/t34-,36-/m0/s1. The first-order valence-corrected chi connectivity index (χ1v) is 17.2. The SMILES string of the molecule is COc1ccc([C@H](Cc2c(Cl)cncc2Cl)OC(=O)c2ccc(CN(C(=O)O[C@H]3CN4CCC3CC4)c3cc(O)ccc3C)cc2)cc1OC. The molecule has 3 aromatic carbocycles. The largest absolute Gasteiger partial charge is 0.508 e. The van der Waals surface area contributed by atoms with E-state index in [2.05, 4.69) is 9.88 Å². The molecule has 0 saturated carbocycles. The smallest absolute Gasteiger partial charge is 0.414 e. The van der Waals surface area contributed by atoms with E-state index in [-0.39, 0.29) is 24.8 Å². The van der Waals surface area contributed by atoms with Crippen molar-refractivity contribution in [3.8, 4) is 17.2 Å². The van der Waals surface area contributed by atoms with Gasteiger partial charge in [0.1, 0.15) is 18.0 Å². The molecule has 10 nitrogen and oxygen atoms in total. The van der Waals surface area contributed by atoms with Gasteiger partial charge in [0.05, 0.1) is 42.1 Å². The number of aromatic nitrogens is 1. The zero-order chi connectivity index (χ0) is 35.4. The minimum atomic E-state index is -0.787. The molecule has 2 atom stereocenters. The van der Waals surface area contributed by atoms with Crippen LogP contribution in [-0.4, -0.2) is 67.0 Å². The van der Waals surface area contributed by atoms with Crippen LogP contribution in [0.4, 0.5) is 10.5 Å². The fraction of sp³-hybridized carbons (Fsp3) is 0.342. The van der Waals surface area contributed by atoms with Crippen LogP contribution in [0.2, 0.25) is 10.0 Å². The van der Waals surface area contributed by atoms with Crippen molar-refractivity contribution in [2.45, 2.75) is 44.9 Å². The molecular weight excluding hydrogens is 681 g/mol. The van der Waals surface area contributed by atoms with Crippen molar-refractivity contribution in [1.29, 1.82) is 0 Å². The second-order valence-corrected chi connectivity index (χ2v) is 13.4. The van der Waals surface area contributed by atoms with Crippen molar-refractivity contribution >= 4 is 41.0 Å². The quantitative estimate of drug-likeness (QED) is 0.155. The van der Waals surface area contributed by atoms with Gasteiger partial charge in [-0.15, -0.1) is 0 Å². The maximum Gasteiger partial charge on any atom is 0.414 e. The van der Waals surface area contributed by atoms with Gasteiger partial charge >= 0.3 is 12.1 Å². The highest BCUT2D eigenvalue weighted by atomic mass is 35.5. The number of phenols is 1. The Bertz CT molecular complexity index is 1830. The van der Waals surface area contributed by atoms with E-state index in [1.807, 2.05) is 6.92 Å². The van der Waals surface area contributed by atoms with Gasteiger partial charge in [0.2, 0.25) is 0 Å². The number of rotatable bonds is 11. The Hall–Kier alpha value is -4.51. The van der Waals surface area contributed by atoms with Crippen LogP contribution < -0.4 is 14.4 Å². The summed E-state index contributed by atoms with van der Waals surface area (Å²) in [5.41, 5.74) is 3.65.